The molecule has 0 radical (unpaired) electrons. The lowest BCUT2D eigenvalue weighted by atomic mass is 11.0. The quantitative estimate of drug-likeness (QED) is 0.505. The smallest absolute Gasteiger partial charge is 0.183 e. The summed E-state index contributed by atoms with van der Waals surface area (Å²) in [5, 5.41) is 12.6. The van der Waals surface area contributed by atoms with Crippen LogP contribution in [0.2, 0.25) is 0 Å². The van der Waals surface area contributed by atoms with Gasteiger partial charge in [0, 0.05) is 11.5 Å². The summed E-state index contributed by atoms with van der Waals surface area (Å²) in [7, 11) is -7.39. The Labute approximate surface area is 141 Å². The number of thioether (sulfide) groups is 2. The van der Waals surface area contributed by atoms with Gasteiger partial charge in [0.25, 0.3) is 0 Å². The Morgan fingerprint density at radius 2 is 1.26 bits per heavy atom. The number of sulfone groups is 2. The summed E-state index contributed by atoms with van der Waals surface area (Å²) >= 11 is 2.34. The molecule has 2 rings (SSSR count). The summed E-state index contributed by atoms with van der Waals surface area (Å²) in [5.74, 6) is -0.0700. The van der Waals surface area contributed by atoms with Crippen LogP contribution < -0.4 is 0 Å². The second-order valence-corrected chi connectivity index (χ2v) is 11.2. The standard InChI is InChI=1S/C9H14N6O4S4/c16-22(17,3-1-20-8-10-5-12-14-8)7-23(18,19)4-2-21-9-11-6-13-15-9/h5-6H,1-4,7H2,(H,10,12,14)(H,11,13,15). The molecule has 23 heavy (non-hydrogen) atoms. The van der Waals surface area contributed by atoms with E-state index in [1.807, 2.05) is 0 Å². The molecule has 0 aliphatic rings. The topological polar surface area (TPSA) is 151 Å². The SMILES string of the molecule is O=S(=O)(CCSc1ncn[nH]1)CS(=O)(=O)CCSc1ncn[nH]1. The number of H-pyrrole nitrogens is 2. The third-order valence-corrected chi connectivity index (χ3v) is 9.21. The van der Waals surface area contributed by atoms with E-state index >= 15 is 0 Å². The molecule has 0 aliphatic carbocycles. The maximum absolute atomic E-state index is 11.9. The molecular weight excluding hydrogens is 384 g/mol. The van der Waals surface area contributed by atoms with Crippen LogP contribution in [-0.2, 0) is 19.7 Å². The van der Waals surface area contributed by atoms with Crippen LogP contribution in [0.3, 0.4) is 0 Å². The normalized spacial score (nSPS) is 12.5. The minimum Gasteiger partial charge on any atom is -0.254 e. The van der Waals surface area contributed by atoms with E-state index in [0.29, 0.717) is 10.3 Å². The molecule has 10 nitrogen and oxygen atoms in total. The highest BCUT2D eigenvalue weighted by atomic mass is 32.3. The second kappa shape index (κ2) is 8.12. The van der Waals surface area contributed by atoms with Crippen LogP contribution in [0.5, 0.6) is 0 Å². The monoisotopic (exact) mass is 398 g/mol. The largest absolute Gasteiger partial charge is 0.254 e. The summed E-state index contributed by atoms with van der Waals surface area (Å²) < 4.78 is 47.6. The van der Waals surface area contributed by atoms with Crippen LogP contribution in [0.25, 0.3) is 0 Å². The maximum Gasteiger partial charge on any atom is 0.183 e. The molecule has 0 bridgehead atoms. The van der Waals surface area contributed by atoms with E-state index in [2.05, 4.69) is 30.4 Å². The van der Waals surface area contributed by atoms with Crippen molar-refractivity contribution in [3.8, 4) is 0 Å². The van der Waals surface area contributed by atoms with Crippen LogP contribution in [0, 0.1) is 0 Å². The summed E-state index contributed by atoms with van der Waals surface area (Å²) in [6.45, 7) is 0. The van der Waals surface area contributed by atoms with Crippen molar-refractivity contribution in [3.05, 3.63) is 12.7 Å². The van der Waals surface area contributed by atoms with E-state index in [1.54, 1.807) is 0 Å². The highest BCUT2D eigenvalue weighted by molar-refractivity contribution is 8.09. The van der Waals surface area contributed by atoms with Crippen molar-refractivity contribution >= 4 is 43.2 Å². The lowest BCUT2D eigenvalue weighted by Gasteiger charge is -2.05. The summed E-state index contributed by atoms with van der Waals surface area (Å²) in [5.41, 5.74) is 0. The molecule has 2 N–H and O–H groups in total. The van der Waals surface area contributed by atoms with Crippen molar-refractivity contribution in [2.24, 2.45) is 0 Å². The second-order valence-electron chi connectivity index (χ2n) is 4.29. The molecule has 0 saturated heterocycles. The van der Waals surface area contributed by atoms with Crippen LogP contribution in [0.1, 0.15) is 0 Å². The van der Waals surface area contributed by atoms with Gasteiger partial charge in [0.05, 0.1) is 11.5 Å². The van der Waals surface area contributed by atoms with Gasteiger partial charge in [-0.05, 0) is 0 Å². The van der Waals surface area contributed by atoms with Gasteiger partial charge in [0.15, 0.2) is 35.1 Å². The molecule has 128 valence electrons. The first-order valence-electron chi connectivity index (χ1n) is 6.23. The Hall–Kier alpha value is -1.12. The Kier molecular flexibility index (Phi) is 6.43. The Bertz CT molecular complexity index is 719. The highest BCUT2D eigenvalue weighted by Crippen LogP contribution is 2.14. The van der Waals surface area contributed by atoms with Gasteiger partial charge < -0.3 is 0 Å². The number of rotatable bonds is 10. The van der Waals surface area contributed by atoms with E-state index in [-0.39, 0.29) is 23.0 Å². The van der Waals surface area contributed by atoms with Gasteiger partial charge in [-0.2, -0.15) is 10.2 Å². The van der Waals surface area contributed by atoms with Gasteiger partial charge in [0.2, 0.25) is 0 Å². The number of hydrogen-bond acceptors (Lipinski definition) is 10. The van der Waals surface area contributed by atoms with Gasteiger partial charge in [-0.25, -0.2) is 26.8 Å². The van der Waals surface area contributed by atoms with Crippen molar-refractivity contribution in [2.45, 2.75) is 10.3 Å². The zero-order valence-electron chi connectivity index (χ0n) is 11.7. The molecule has 2 aromatic rings. The maximum atomic E-state index is 11.9. The molecule has 0 amide bonds. The molecule has 0 spiro atoms. The van der Waals surface area contributed by atoms with Crippen molar-refractivity contribution in [1.29, 1.82) is 0 Å². The fourth-order valence-corrected chi connectivity index (χ4v) is 8.14. The average Bonchev–Trinajstić information content (AvgIpc) is 3.09. The predicted molar refractivity (Wildman–Crippen MR) is 86.7 cm³/mol. The van der Waals surface area contributed by atoms with Gasteiger partial charge in [-0.3, -0.25) is 10.2 Å². The molecule has 2 aromatic heterocycles. The van der Waals surface area contributed by atoms with Crippen LogP contribution >= 0.6 is 23.5 Å². The minimum atomic E-state index is -3.69. The predicted octanol–water partition coefficient (Wildman–Crippen LogP) is -0.406. The first-order chi connectivity index (χ1) is 10.9. The molecule has 0 atom stereocenters. The first kappa shape index (κ1) is 18.2. The van der Waals surface area contributed by atoms with E-state index in [0.717, 1.165) is 0 Å². The first-order valence-corrected chi connectivity index (χ1v) is 11.8. The molecule has 0 aliphatic heterocycles. The van der Waals surface area contributed by atoms with Gasteiger partial charge >= 0.3 is 0 Å². The molecule has 2 heterocycles. The number of nitrogens with one attached hydrogen (secondary N) is 2. The fourth-order valence-electron chi connectivity index (χ4n) is 1.45. The van der Waals surface area contributed by atoms with Crippen molar-refractivity contribution in [2.75, 3.05) is 28.1 Å². The van der Waals surface area contributed by atoms with Gasteiger partial charge in [-0.15, -0.1) is 0 Å². The van der Waals surface area contributed by atoms with Crippen molar-refractivity contribution in [3.63, 3.8) is 0 Å². The number of aromatic amines is 2. The Balaban J connectivity index is 1.75. The van der Waals surface area contributed by atoms with E-state index < -0.39 is 24.8 Å². The highest BCUT2D eigenvalue weighted by Gasteiger charge is 2.22. The fraction of sp³-hybridized carbons (Fsp3) is 0.556. The van der Waals surface area contributed by atoms with E-state index in [1.165, 1.54) is 36.2 Å². The lowest BCUT2D eigenvalue weighted by Crippen LogP contribution is -2.23. The third-order valence-electron chi connectivity index (χ3n) is 2.41. The zero-order chi connectivity index (χ0) is 16.8. The number of hydrogen-bond donors (Lipinski definition) is 2. The lowest BCUT2D eigenvalue weighted by molar-refractivity contribution is 0.590. The van der Waals surface area contributed by atoms with E-state index in [4.69, 9.17) is 0 Å². The molecule has 14 heteroatoms. The van der Waals surface area contributed by atoms with Crippen molar-refractivity contribution < 1.29 is 16.8 Å². The average molecular weight is 399 g/mol. The molecule has 0 unspecified atom stereocenters. The zero-order valence-corrected chi connectivity index (χ0v) is 15.0. The van der Waals surface area contributed by atoms with Crippen LogP contribution in [0.4, 0.5) is 0 Å². The molecule has 0 aromatic carbocycles. The summed E-state index contributed by atoms with van der Waals surface area (Å²) in [6, 6.07) is 0. The Morgan fingerprint density at radius 3 is 1.61 bits per heavy atom. The van der Waals surface area contributed by atoms with Gasteiger partial charge in [-0.1, -0.05) is 23.5 Å². The number of aromatic nitrogens is 6. The number of nitrogens with zero attached hydrogens (tertiary/aromatic N) is 4. The molecule has 0 saturated carbocycles. The molecule has 0 fully saturated rings. The third kappa shape index (κ3) is 6.88. The Morgan fingerprint density at radius 1 is 0.826 bits per heavy atom. The minimum absolute atomic E-state index is 0.208. The summed E-state index contributed by atoms with van der Waals surface area (Å²) in [6.07, 6.45) is 2.63. The molecular formula is C9H14N6O4S4. The summed E-state index contributed by atoms with van der Waals surface area (Å²) in [4.78, 5) is 7.68. The van der Waals surface area contributed by atoms with Crippen molar-refractivity contribution in [1.82, 2.24) is 30.4 Å². The van der Waals surface area contributed by atoms with E-state index in [9.17, 15) is 16.8 Å². The van der Waals surface area contributed by atoms with Crippen LogP contribution in [0.15, 0.2) is 23.0 Å². The van der Waals surface area contributed by atoms with Gasteiger partial charge in [0.1, 0.15) is 12.7 Å². The van der Waals surface area contributed by atoms with Crippen LogP contribution in [-0.4, -0.2) is 75.3 Å².